The Hall–Kier alpha value is -3.65. The first-order valence-corrected chi connectivity index (χ1v) is 10.3. The topological polar surface area (TPSA) is 86.2 Å². The van der Waals surface area contributed by atoms with Crippen LogP contribution in [0, 0.1) is 6.92 Å². The lowest BCUT2D eigenvalue weighted by atomic mass is 10.1. The summed E-state index contributed by atoms with van der Waals surface area (Å²) in [4.78, 5) is 24.8. The van der Waals surface area contributed by atoms with Crippen molar-refractivity contribution in [2.24, 2.45) is 5.10 Å². The Bertz CT molecular complexity index is 1160. The van der Waals surface area contributed by atoms with Crippen molar-refractivity contribution in [3.63, 3.8) is 0 Å². The molecule has 7 nitrogen and oxygen atoms in total. The van der Waals surface area contributed by atoms with E-state index in [-0.39, 0.29) is 5.75 Å². The van der Waals surface area contributed by atoms with E-state index < -0.39 is 11.9 Å². The van der Waals surface area contributed by atoms with Gasteiger partial charge in [0.15, 0.2) is 11.5 Å². The predicted molar refractivity (Wildman–Crippen MR) is 125 cm³/mol. The lowest BCUT2D eigenvalue weighted by molar-refractivity contribution is 0.0729. The number of carbonyl (C=O) groups excluding carboxylic acids is 2. The standard InChI is InChI=1S/C24H21BrN2O5/c1-15-4-7-17(8-5-15)24(29)32-21-10-6-16(12-22(21)31-3)14-26-27-23(28)19-13-18(25)9-11-20(19)30-2/h4-14H,1-3H3,(H,27,28)/b26-14+. The van der Waals surface area contributed by atoms with Gasteiger partial charge in [0, 0.05) is 4.47 Å². The third kappa shape index (κ3) is 5.73. The van der Waals surface area contributed by atoms with Gasteiger partial charge < -0.3 is 14.2 Å². The van der Waals surface area contributed by atoms with Crippen molar-refractivity contribution in [1.82, 2.24) is 5.43 Å². The average molecular weight is 497 g/mol. The zero-order valence-corrected chi connectivity index (χ0v) is 19.3. The molecule has 0 aliphatic heterocycles. The highest BCUT2D eigenvalue weighted by Gasteiger charge is 2.14. The fraction of sp³-hybridized carbons (Fsp3) is 0.125. The molecule has 0 spiro atoms. The number of nitrogens with one attached hydrogen (secondary N) is 1. The number of aryl methyl sites for hydroxylation is 1. The molecular formula is C24H21BrN2O5. The van der Waals surface area contributed by atoms with Crippen LogP contribution in [0.4, 0.5) is 0 Å². The fourth-order valence-corrected chi connectivity index (χ4v) is 3.14. The van der Waals surface area contributed by atoms with Crippen LogP contribution in [0.5, 0.6) is 17.2 Å². The van der Waals surface area contributed by atoms with Gasteiger partial charge in [-0.25, -0.2) is 10.2 Å². The molecule has 0 radical (unpaired) electrons. The molecule has 0 bridgehead atoms. The van der Waals surface area contributed by atoms with Crippen LogP contribution < -0.4 is 19.6 Å². The van der Waals surface area contributed by atoms with Gasteiger partial charge in [0.2, 0.25) is 0 Å². The number of hydrazone groups is 1. The first-order chi connectivity index (χ1) is 15.4. The summed E-state index contributed by atoms with van der Waals surface area (Å²) in [6, 6.07) is 17.1. The van der Waals surface area contributed by atoms with Gasteiger partial charge >= 0.3 is 5.97 Å². The Morgan fingerprint density at radius 1 is 0.906 bits per heavy atom. The number of rotatable bonds is 7. The number of amides is 1. The van der Waals surface area contributed by atoms with Gasteiger partial charge in [-0.3, -0.25) is 4.79 Å². The maximum atomic E-state index is 12.4. The van der Waals surface area contributed by atoms with E-state index in [1.807, 2.05) is 19.1 Å². The van der Waals surface area contributed by atoms with E-state index >= 15 is 0 Å². The zero-order valence-electron chi connectivity index (χ0n) is 17.7. The summed E-state index contributed by atoms with van der Waals surface area (Å²) < 4.78 is 16.7. The molecule has 3 aromatic rings. The Labute approximate surface area is 194 Å². The molecule has 0 heterocycles. The minimum Gasteiger partial charge on any atom is -0.496 e. The lowest BCUT2D eigenvalue weighted by Crippen LogP contribution is -2.18. The molecule has 0 atom stereocenters. The second-order valence-electron chi connectivity index (χ2n) is 6.71. The van der Waals surface area contributed by atoms with Gasteiger partial charge in [-0.1, -0.05) is 33.6 Å². The Morgan fingerprint density at radius 2 is 1.59 bits per heavy atom. The first-order valence-electron chi connectivity index (χ1n) is 9.55. The second kappa shape index (κ2) is 10.6. The highest BCUT2D eigenvalue weighted by Crippen LogP contribution is 2.28. The molecular weight excluding hydrogens is 476 g/mol. The molecule has 0 saturated heterocycles. The largest absolute Gasteiger partial charge is 0.496 e. The normalized spacial score (nSPS) is 10.6. The molecule has 8 heteroatoms. The van der Waals surface area contributed by atoms with Gasteiger partial charge in [-0.15, -0.1) is 0 Å². The first kappa shape index (κ1) is 23.0. The van der Waals surface area contributed by atoms with Crippen molar-refractivity contribution in [1.29, 1.82) is 0 Å². The van der Waals surface area contributed by atoms with E-state index in [2.05, 4.69) is 26.5 Å². The van der Waals surface area contributed by atoms with Crippen LogP contribution in [0.15, 0.2) is 70.2 Å². The van der Waals surface area contributed by atoms with E-state index in [0.717, 1.165) is 10.0 Å². The fourth-order valence-electron chi connectivity index (χ4n) is 2.78. The van der Waals surface area contributed by atoms with Crippen LogP contribution >= 0.6 is 15.9 Å². The van der Waals surface area contributed by atoms with Crippen LogP contribution in [0.2, 0.25) is 0 Å². The molecule has 3 rings (SSSR count). The lowest BCUT2D eigenvalue weighted by Gasteiger charge is -2.10. The van der Waals surface area contributed by atoms with Crippen molar-refractivity contribution in [2.45, 2.75) is 6.92 Å². The number of hydrogen-bond donors (Lipinski definition) is 1. The van der Waals surface area contributed by atoms with E-state index in [1.54, 1.807) is 48.5 Å². The molecule has 1 N–H and O–H groups in total. The highest BCUT2D eigenvalue weighted by molar-refractivity contribution is 9.10. The van der Waals surface area contributed by atoms with Crippen molar-refractivity contribution in [2.75, 3.05) is 14.2 Å². The molecule has 0 saturated carbocycles. The number of esters is 1. The number of carbonyl (C=O) groups is 2. The number of hydrogen-bond acceptors (Lipinski definition) is 6. The molecule has 3 aromatic carbocycles. The van der Waals surface area contributed by atoms with Gasteiger partial charge in [0.05, 0.1) is 31.6 Å². The van der Waals surface area contributed by atoms with Crippen molar-refractivity contribution in [3.05, 3.63) is 87.4 Å². The van der Waals surface area contributed by atoms with Crippen LogP contribution in [0.3, 0.4) is 0 Å². The summed E-state index contributed by atoms with van der Waals surface area (Å²) in [5.74, 6) is 0.157. The number of methoxy groups -OCH3 is 2. The average Bonchev–Trinajstić information content (AvgIpc) is 2.80. The zero-order chi connectivity index (χ0) is 23.1. The number of benzene rings is 3. The molecule has 164 valence electrons. The monoisotopic (exact) mass is 496 g/mol. The van der Waals surface area contributed by atoms with Gasteiger partial charge in [-0.2, -0.15) is 5.10 Å². The maximum Gasteiger partial charge on any atom is 0.343 e. The summed E-state index contributed by atoms with van der Waals surface area (Å²) in [5, 5.41) is 3.99. The van der Waals surface area contributed by atoms with E-state index in [0.29, 0.717) is 28.2 Å². The SMILES string of the molecule is COc1cc(/C=N/NC(=O)c2cc(Br)ccc2OC)ccc1OC(=O)c1ccc(C)cc1. The Morgan fingerprint density at radius 3 is 2.28 bits per heavy atom. The number of nitrogens with zero attached hydrogens (tertiary/aromatic N) is 1. The van der Waals surface area contributed by atoms with Gasteiger partial charge in [0.25, 0.3) is 5.91 Å². The molecule has 1 amide bonds. The van der Waals surface area contributed by atoms with Crippen molar-refractivity contribution in [3.8, 4) is 17.2 Å². The summed E-state index contributed by atoms with van der Waals surface area (Å²) in [5.41, 5.74) is 4.93. The summed E-state index contributed by atoms with van der Waals surface area (Å²) in [7, 11) is 2.96. The molecule has 0 unspecified atom stereocenters. The minimum absolute atomic E-state index is 0.276. The van der Waals surface area contributed by atoms with Gasteiger partial charge in [-0.05, 0) is 61.0 Å². The summed E-state index contributed by atoms with van der Waals surface area (Å²) in [6.45, 7) is 1.94. The van der Waals surface area contributed by atoms with E-state index in [1.165, 1.54) is 20.4 Å². The Balaban J connectivity index is 1.69. The molecule has 0 fully saturated rings. The van der Waals surface area contributed by atoms with Crippen LogP contribution in [-0.4, -0.2) is 32.3 Å². The van der Waals surface area contributed by atoms with Crippen LogP contribution in [0.1, 0.15) is 31.8 Å². The van der Waals surface area contributed by atoms with Gasteiger partial charge in [0.1, 0.15) is 5.75 Å². The minimum atomic E-state index is -0.486. The number of halogens is 1. The smallest absolute Gasteiger partial charge is 0.343 e. The van der Waals surface area contributed by atoms with Crippen LogP contribution in [-0.2, 0) is 0 Å². The third-order valence-corrected chi connectivity index (χ3v) is 4.96. The van der Waals surface area contributed by atoms with E-state index in [4.69, 9.17) is 14.2 Å². The van der Waals surface area contributed by atoms with Crippen molar-refractivity contribution >= 4 is 34.0 Å². The summed E-state index contributed by atoms with van der Waals surface area (Å²) >= 11 is 3.33. The maximum absolute atomic E-state index is 12.4. The molecule has 0 aromatic heterocycles. The van der Waals surface area contributed by atoms with E-state index in [9.17, 15) is 9.59 Å². The molecule has 32 heavy (non-hydrogen) atoms. The summed E-state index contributed by atoms with van der Waals surface area (Å²) in [6.07, 6.45) is 1.45. The van der Waals surface area contributed by atoms with Crippen LogP contribution in [0.25, 0.3) is 0 Å². The molecule has 0 aliphatic rings. The quantitative estimate of drug-likeness (QED) is 0.220. The predicted octanol–water partition coefficient (Wildman–Crippen LogP) is 4.76. The second-order valence-corrected chi connectivity index (χ2v) is 7.63. The Kier molecular flexibility index (Phi) is 7.62. The molecule has 0 aliphatic carbocycles. The highest BCUT2D eigenvalue weighted by atomic mass is 79.9. The van der Waals surface area contributed by atoms with Crippen molar-refractivity contribution < 1.29 is 23.8 Å². The third-order valence-electron chi connectivity index (χ3n) is 4.46. The number of ether oxygens (including phenoxy) is 3.